The molecule has 19 heavy (non-hydrogen) atoms. The van der Waals surface area contributed by atoms with Gasteiger partial charge in [-0.25, -0.2) is 0 Å². The Labute approximate surface area is 126 Å². The van der Waals surface area contributed by atoms with Crippen molar-refractivity contribution in [2.75, 3.05) is 0 Å². The van der Waals surface area contributed by atoms with Crippen LogP contribution in [-0.4, -0.2) is 0 Å². The van der Waals surface area contributed by atoms with Crippen LogP contribution in [0.4, 0.5) is 0 Å². The zero-order valence-corrected chi connectivity index (χ0v) is 11.7. The van der Waals surface area contributed by atoms with Crippen molar-refractivity contribution < 1.29 is 23.3 Å². The van der Waals surface area contributed by atoms with E-state index in [0.29, 0.717) is 0 Å². The summed E-state index contributed by atoms with van der Waals surface area (Å²) in [5, 5.41) is 2.59. The topological polar surface area (TPSA) is 13.1 Å². The van der Waals surface area contributed by atoms with E-state index in [4.69, 9.17) is 4.42 Å². The van der Waals surface area contributed by atoms with Crippen molar-refractivity contribution in [1.29, 1.82) is 0 Å². The molecule has 0 N–H and O–H groups in total. The molecule has 0 saturated carbocycles. The van der Waals surface area contributed by atoms with Gasteiger partial charge in [-0.15, -0.1) is 6.07 Å². The molecule has 3 rings (SSSR count). The average molecular weight is 258 g/mol. The van der Waals surface area contributed by atoms with E-state index in [1.165, 1.54) is 10.6 Å². The minimum Gasteiger partial charge on any atom is -0.591 e. The smallest absolute Gasteiger partial charge is 0.591 e. The number of furan rings is 1. The van der Waals surface area contributed by atoms with Crippen LogP contribution in [0.1, 0.15) is 0 Å². The van der Waals surface area contributed by atoms with Crippen LogP contribution in [0.2, 0.25) is 0 Å². The Morgan fingerprint density at radius 3 is 1.68 bits per heavy atom. The Morgan fingerprint density at radius 1 is 0.737 bits per heavy atom. The molecule has 0 atom stereocenters. The maximum Gasteiger partial charge on any atom is 1.00 e. The second kappa shape index (κ2) is 6.78. The molecule has 0 amide bonds. The number of benzene rings is 2. The van der Waals surface area contributed by atoms with Gasteiger partial charge in [0.1, 0.15) is 0 Å². The van der Waals surface area contributed by atoms with Crippen LogP contribution in [0.25, 0.3) is 0 Å². The third-order valence-corrected chi connectivity index (χ3v) is 5.02. The van der Waals surface area contributed by atoms with E-state index >= 15 is 0 Å². The summed E-state index contributed by atoms with van der Waals surface area (Å²) >= 11 is 0. The number of hydrogen-bond acceptors (Lipinski definition) is 1. The van der Waals surface area contributed by atoms with Crippen LogP contribution < -0.4 is 35.0 Å². The molecule has 0 unspecified atom stereocenters. The van der Waals surface area contributed by atoms with Gasteiger partial charge in [0.15, 0.2) is 0 Å². The minimum atomic E-state index is -0.607. The summed E-state index contributed by atoms with van der Waals surface area (Å²) in [6.07, 6.45) is 2.79. The molecular formula is C16H12LiOP. The zero-order valence-electron chi connectivity index (χ0n) is 10.8. The van der Waals surface area contributed by atoms with Gasteiger partial charge in [-0.3, -0.25) is 0 Å². The van der Waals surface area contributed by atoms with E-state index in [2.05, 4.69) is 54.8 Å². The van der Waals surface area contributed by atoms with Gasteiger partial charge in [-0.1, -0.05) is 60.7 Å². The van der Waals surface area contributed by atoms with Crippen LogP contribution in [0, 0.1) is 6.26 Å². The molecule has 3 heteroatoms. The first-order chi connectivity index (χ1) is 8.95. The quantitative estimate of drug-likeness (QED) is 0.361. The van der Waals surface area contributed by atoms with E-state index in [-0.39, 0.29) is 18.9 Å². The summed E-state index contributed by atoms with van der Waals surface area (Å²) in [5.74, 6) is 0. The molecule has 0 aliphatic carbocycles. The Morgan fingerprint density at radius 2 is 1.26 bits per heavy atom. The Balaban J connectivity index is 0.00000133. The maximum absolute atomic E-state index is 5.51. The second-order valence-corrected chi connectivity index (χ2v) is 6.04. The molecule has 0 radical (unpaired) electrons. The van der Waals surface area contributed by atoms with Crippen LogP contribution >= 0.6 is 7.92 Å². The summed E-state index contributed by atoms with van der Waals surface area (Å²) in [6, 6.07) is 24.8. The van der Waals surface area contributed by atoms with E-state index in [1.807, 2.05) is 24.3 Å². The van der Waals surface area contributed by atoms with E-state index in [9.17, 15) is 0 Å². The molecule has 1 heterocycles. The van der Waals surface area contributed by atoms with Gasteiger partial charge in [0.2, 0.25) is 0 Å². The van der Waals surface area contributed by atoms with Crippen molar-refractivity contribution in [3.8, 4) is 0 Å². The molecule has 0 aliphatic heterocycles. The van der Waals surface area contributed by atoms with Crippen molar-refractivity contribution in [1.82, 2.24) is 0 Å². The molecule has 88 valence electrons. The molecule has 2 aromatic carbocycles. The first-order valence-corrected chi connectivity index (χ1v) is 7.15. The molecule has 0 saturated heterocycles. The molecule has 0 fully saturated rings. The minimum absolute atomic E-state index is 0. The van der Waals surface area contributed by atoms with E-state index in [1.54, 1.807) is 0 Å². The number of rotatable bonds is 3. The molecular weight excluding hydrogens is 246 g/mol. The first-order valence-electron chi connectivity index (χ1n) is 5.81. The Bertz CT molecular complexity index is 554. The fourth-order valence-corrected chi connectivity index (χ4v) is 4.03. The monoisotopic (exact) mass is 258 g/mol. The van der Waals surface area contributed by atoms with Gasteiger partial charge in [0.25, 0.3) is 0 Å². The van der Waals surface area contributed by atoms with Gasteiger partial charge < -0.3 is 4.42 Å². The standard InChI is InChI=1S/C16H12OP.Li/c1-3-8-14(9-4-1)18(16-12-7-13-17-16)15-10-5-2-6-11-15;/h1-12H;/q-1;+1. The van der Waals surface area contributed by atoms with Gasteiger partial charge >= 0.3 is 18.9 Å². The summed E-state index contributed by atoms with van der Waals surface area (Å²) in [6.45, 7) is 0. The molecule has 0 spiro atoms. The fraction of sp³-hybridized carbons (Fsp3) is 0. The van der Waals surface area contributed by atoms with Crippen LogP contribution in [-0.2, 0) is 0 Å². The predicted molar refractivity (Wildman–Crippen MR) is 76.3 cm³/mol. The van der Waals surface area contributed by atoms with Crippen molar-refractivity contribution in [2.24, 2.45) is 0 Å². The van der Waals surface area contributed by atoms with Crippen LogP contribution in [0.3, 0.4) is 0 Å². The number of hydrogen-bond donors (Lipinski definition) is 0. The third kappa shape index (κ3) is 3.20. The van der Waals surface area contributed by atoms with Crippen molar-refractivity contribution >= 4 is 24.0 Å². The second-order valence-electron chi connectivity index (χ2n) is 3.90. The van der Waals surface area contributed by atoms with Crippen LogP contribution in [0.15, 0.2) is 77.2 Å². The van der Waals surface area contributed by atoms with Gasteiger partial charge in [0.05, 0.1) is 0 Å². The van der Waals surface area contributed by atoms with E-state index in [0.717, 1.165) is 5.50 Å². The predicted octanol–water partition coefficient (Wildman–Crippen LogP) is -0.158. The molecule has 0 bridgehead atoms. The van der Waals surface area contributed by atoms with Gasteiger partial charge in [-0.05, 0) is 30.3 Å². The summed E-state index contributed by atoms with van der Waals surface area (Å²) in [7, 11) is -0.607. The molecule has 1 aromatic heterocycles. The SMILES string of the molecule is [Li+].[c-]1ccc(P(c2ccccc2)c2ccccc2)o1. The Kier molecular flexibility index (Phi) is 5.05. The summed E-state index contributed by atoms with van der Waals surface area (Å²) in [4.78, 5) is 0. The summed E-state index contributed by atoms with van der Waals surface area (Å²) < 4.78 is 5.51. The zero-order chi connectivity index (χ0) is 12.2. The Hall–Kier alpha value is -1.25. The molecule has 1 nitrogen and oxygen atoms in total. The molecule has 0 aliphatic rings. The molecule has 3 aromatic rings. The largest absolute Gasteiger partial charge is 1.00 e. The van der Waals surface area contributed by atoms with E-state index < -0.39 is 7.92 Å². The normalized spacial score (nSPS) is 10.2. The first kappa shape index (κ1) is 14.2. The van der Waals surface area contributed by atoms with Crippen molar-refractivity contribution in [2.45, 2.75) is 0 Å². The fourth-order valence-electron chi connectivity index (χ4n) is 1.91. The average Bonchev–Trinajstić information content (AvgIpc) is 2.95. The maximum atomic E-state index is 5.51. The van der Waals surface area contributed by atoms with Crippen molar-refractivity contribution in [3.63, 3.8) is 0 Å². The van der Waals surface area contributed by atoms with Crippen molar-refractivity contribution in [3.05, 3.63) is 79.1 Å². The summed E-state index contributed by atoms with van der Waals surface area (Å²) in [5.41, 5.74) is 0.988. The third-order valence-electron chi connectivity index (χ3n) is 2.71. The van der Waals surface area contributed by atoms with Crippen LogP contribution in [0.5, 0.6) is 0 Å². The van der Waals surface area contributed by atoms with Gasteiger partial charge in [0, 0.05) is 0 Å². The van der Waals surface area contributed by atoms with Gasteiger partial charge in [-0.2, -0.15) is 6.07 Å².